The minimum Gasteiger partial charge on any atom is -0.506 e. The van der Waals surface area contributed by atoms with E-state index in [0.717, 1.165) is 7.14 Å². The first-order valence-corrected chi connectivity index (χ1v) is 10.3. The summed E-state index contributed by atoms with van der Waals surface area (Å²) < 4.78 is 1.80. The van der Waals surface area contributed by atoms with Crippen LogP contribution in [-0.2, 0) is 0 Å². The van der Waals surface area contributed by atoms with Crippen molar-refractivity contribution >= 4 is 80.3 Å². The van der Waals surface area contributed by atoms with Gasteiger partial charge in [-0.1, -0.05) is 17.7 Å². The zero-order valence-electron chi connectivity index (χ0n) is 13.8. The van der Waals surface area contributed by atoms with Gasteiger partial charge in [0.15, 0.2) is 0 Å². The van der Waals surface area contributed by atoms with Gasteiger partial charge in [-0.15, -0.1) is 0 Å². The highest BCUT2D eigenvalue weighted by Gasteiger charge is 2.07. The van der Waals surface area contributed by atoms with Gasteiger partial charge in [0.25, 0.3) is 5.91 Å². The van der Waals surface area contributed by atoms with Crippen molar-refractivity contribution in [3.05, 3.63) is 84.0 Å². The molecule has 0 aliphatic rings. The Hall–Kier alpha value is -1.65. The SMILES string of the molecule is O=C(Nc1ccc(N=Cc2cc(I)cc(I)c2O)cc1)c1cccc(Cl)c1. The summed E-state index contributed by atoms with van der Waals surface area (Å²) in [5, 5.41) is 13.4. The monoisotopic (exact) mass is 602 g/mol. The van der Waals surface area contributed by atoms with Gasteiger partial charge in [-0.05, 0) is 99.8 Å². The molecular formula is C20H13ClI2N2O2. The third-order valence-corrected chi connectivity index (χ3v) is 5.30. The van der Waals surface area contributed by atoms with E-state index in [1.807, 2.05) is 12.1 Å². The summed E-state index contributed by atoms with van der Waals surface area (Å²) in [6.07, 6.45) is 1.62. The minimum absolute atomic E-state index is 0.213. The van der Waals surface area contributed by atoms with E-state index in [-0.39, 0.29) is 11.7 Å². The molecule has 7 heteroatoms. The van der Waals surface area contributed by atoms with Crippen LogP contribution in [-0.4, -0.2) is 17.2 Å². The molecule has 3 aromatic carbocycles. The number of carbonyl (C=O) groups is 1. The fourth-order valence-electron chi connectivity index (χ4n) is 2.29. The van der Waals surface area contributed by atoms with E-state index >= 15 is 0 Å². The fourth-order valence-corrected chi connectivity index (χ4v) is 4.37. The first-order valence-electron chi connectivity index (χ1n) is 7.81. The number of nitrogens with one attached hydrogen (secondary N) is 1. The van der Waals surface area contributed by atoms with Crippen molar-refractivity contribution in [2.24, 2.45) is 4.99 Å². The molecule has 0 bridgehead atoms. The maximum Gasteiger partial charge on any atom is 0.255 e. The van der Waals surface area contributed by atoms with Crippen LogP contribution >= 0.6 is 56.8 Å². The van der Waals surface area contributed by atoms with Gasteiger partial charge in [0.05, 0.1) is 9.26 Å². The zero-order valence-corrected chi connectivity index (χ0v) is 18.9. The predicted molar refractivity (Wildman–Crippen MR) is 127 cm³/mol. The molecule has 0 spiro atoms. The molecule has 0 saturated heterocycles. The average molecular weight is 603 g/mol. The van der Waals surface area contributed by atoms with Gasteiger partial charge in [-0.3, -0.25) is 9.79 Å². The Morgan fingerprint density at radius 2 is 1.81 bits per heavy atom. The molecule has 0 heterocycles. The maximum atomic E-state index is 12.2. The highest BCUT2D eigenvalue weighted by molar-refractivity contribution is 14.1. The summed E-state index contributed by atoms with van der Waals surface area (Å²) in [6, 6.07) is 17.7. The van der Waals surface area contributed by atoms with E-state index in [9.17, 15) is 9.90 Å². The van der Waals surface area contributed by atoms with Gasteiger partial charge in [-0.2, -0.15) is 0 Å². The highest BCUT2D eigenvalue weighted by Crippen LogP contribution is 2.26. The highest BCUT2D eigenvalue weighted by atomic mass is 127. The molecule has 0 radical (unpaired) electrons. The second-order valence-electron chi connectivity index (χ2n) is 5.59. The second kappa shape index (κ2) is 9.03. The van der Waals surface area contributed by atoms with Crippen LogP contribution in [0.5, 0.6) is 5.75 Å². The number of amides is 1. The lowest BCUT2D eigenvalue weighted by Crippen LogP contribution is -2.11. The van der Waals surface area contributed by atoms with E-state index in [0.29, 0.717) is 27.5 Å². The van der Waals surface area contributed by atoms with Crippen molar-refractivity contribution in [2.45, 2.75) is 0 Å². The molecule has 0 aromatic heterocycles. The molecule has 0 atom stereocenters. The molecule has 0 saturated carbocycles. The van der Waals surface area contributed by atoms with Crippen LogP contribution in [0.4, 0.5) is 11.4 Å². The van der Waals surface area contributed by atoms with E-state index in [1.54, 1.807) is 54.7 Å². The smallest absolute Gasteiger partial charge is 0.255 e. The van der Waals surface area contributed by atoms with Gasteiger partial charge in [-0.25, -0.2) is 0 Å². The fraction of sp³-hybridized carbons (Fsp3) is 0. The number of hydrogen-bond donors (Lipinski definition) is 2. The summed E-state index contributed by atoms with van der Waals surface area (Å²) >= 11 is 10.2. The molecule has 3 aromatic rings. The summed E-state index contributed by atoms with van der Waals surface area (Å²) in [4.78, 5) is 16.6. The molecule has 0 aliphatic heterocycles. The number of aromatic hydroxyl groups is 1. The Kier molecular flexibility index (Phi) is 6.72. The molecule has 4 nitrogen and oxygen atoms in total. The first-order chi connectivity index (χ1) is 12.9. The third-order valence-electron chi connectivity index (χ3n) is 3.62. The minimum atomic E-state index is -0.230. The van der Waals surface area contributed by atoms with Crippen LogP contribution in [0.3, 0.4) is 0 Å². The van der Waals surface area contributed by atoms with Crippen molar-refractivity contribution in [1.82, 2.24) is 0 Å². The number of halogens is 3. The van der Waals surface area contributed by atoms with E-state index in [2.05, 4.69) is 55.5 Å². The van der Waals surface area contributed by atoms with Gasteiger partial charge < -0.3 is 10.4 Å². The van der Waals surface area contributed by atoms with Crippen molar-refractivity contribution < 1.29 is 9.90 Å². The first kappa shape index (κ1) is 20.1. The predicted octanol–water partition coefficient (Wildman–Crippen LogP) is 6.26. The normalized spacial score (nSPS) is 10.9. The number of anilines is 1. The third kappa shape index (κ3) is 5.43. The van der Waals surface area contributed by atoms with Gasteiger partial charge in [0, 0.05) is 31.6 Å². The Labute approximate surface area is 189 Å². The Balaban J connectivity index is 1.71. The van der Waals surface area contributed by atoms with Gasteiger partial charge in [0.2, 0.25) is 0 Å². The Bertz CT molecular complexity index is 1020. The summed E-state index contributed by atoms with van der Waals surface area (Å²) in [7, 11) is 0. The molecule has 136 valence electrons. The lowest BCUT2D eigenvalue weighted by atomic mass is 10.2. The average Bonchev–Trinajstić information content (AvgIpc) is 2.64. The van der Waals surface area contributed by atoms with E-state index in [1.165, 1.54) is 0 Å². The number of hydrogen-bond acceptors (Lipinski definition) is 3. The number of nitrogens with zero attached hydrogens (tertiary/aromatic N) is 1. The molecule has 3 rings (SSSR count). The van der Waals surface area contributed by atoms with E-state index in [4.69, 9.17) is 11.6 Å². The van der Waals surface area contributed by atoms with Crippen LogP contribution in [0.25, 0.3) is 0 Å². The molecule has 1 amide bonds. The molecule has 2 N–H and O–H groups in total. The largest absolute Gasteiger partial charge is 0.506 e. The van der Waals surface area contributed by atoms with Crippen LogP contribution in [0, 0.1) is 7.14 Å². The lowest BCUT2D eigenvalue weighted by molar-refractivity contribution is 0.102. The molecule has 27 heavy (non-hydrogen) atoms. The second-order valence-corrected chi connectivity index (χ2v) is 8.44. The van der Waals surface area contributed by atoms with Crippen molar-refractivity contribution in [2.75, 3.05) is 5.32 Å². The van der Waals surface area contributed by atoms with Crippen molar-refractivity contribution in [1.29, 1.82) is 0 Å². The molecule has 0 unspecified atom stereocenters. The molecular weight excluding hydrogens is 589 g/mol. The Morgan fingerprint density at radius 3 is 2.52 bits per heavy atom. The zero-order chi connectivity index (χ0) is 19.4. The van der Waals surface area contributed by atoms with Crippen molar-refractivity contribution in [3.63, 3.8) is 0 Å². The van der Waals surface area contributed by atoms with Crippen LogP contribution < -0.4 is 5.32 Å². The number of phenolic OH excluding ortho intramolecular Hbond substituents is 1. The quantitative estimate of drug-likeness (QED) is 0.274. The molecule has 0 fully saturated rings. The summed E-state index contributed by atoms with van der Waals surface area (Å²) in [5.41, 5.74) is 2.52. The standard InChI is InChI=1S/C20H13ClI2N2O2/c21-14-3-1-2-12(8-14)20(27)25-17-6-4-16(5-7-17)24-11-13-9-15(22)10-18(23)19(13)26/h1-11,26H,(H,25,27). The van der Waals surface area contributed by atoms with Gasteiger partial charge >= 0.3 is 0 Å². The number of rotatable bonds is 4. The van der Waals surface area contributed by atoms with E-state index < -0.39 is 0 Å². The Morgan fingerprint density at radius 1 is 1.07 bits per heavy atom. The van der Waals surface area contributed by atoms with Crippen molar-refractivity contribution in [3.8, 4) is 5.75 Å². The number of carbonyl (C=O) groups excluding carboxylic acids is 1. The van der Waals surface area contributed by atoms with Crippen LogP contribution in [0.15, 0.2) is 65.7 Å². The molecule has 0 aliphatic carbocycles. The van der Waals surface area contributed by atoms with Crippen LogP contribution in [0.1, 0.15) is 15.9 Å². The van der Waals surface area contributed by atoms with Gasteiger partial charge in [0.1, 0.15) is 5.75 Å². The summed E-state index contributed by atoms with van der Waals surface area (Å²) in [5.74, 6) is -0.0164. The lowest BCUT2D eigenvalue weighted by Gasteiger charge is -2.06. The topological polar surface area (TPSA) is 61.7 Å². The number of phenols is 1. The summed E-state index contributed by atoms with van der Waals surface area (Å²) in [6.45, 7) is 0. The number of benzene rings is 3. The maximum absolute atomic E-state index is 12.2. The van der Waals surface area contributed by atoms with Crippen LogP contribution in [0.2, 0.25) is 5.02 Å². The number of aliphatic imine (C=N–C) groups is 1.